The number of methoxy groups -OCH3 is 1. The lowest BCUT2D eigenvalue weighted by Gasteiger charge is -2.26. The quantitative estimate of drug-likeness (QED) is 0.326. The molecule has 0 spiro atoms. The van der Waals surface area contributed by atoms with Gasteiger partial charge in [-0.2, -0.15) is 0 Å². The first-order chi connectivity index (χ1) is 16.5. The Labute approximate surface area is 204 Å². The van der Waals surface area contributed by atoms with Gasteiger partial charge in [0.15, 0.2) is 16.8 Å². The third-order valence-electron chi connectivity index (χ3n) is 6.09. The largest absolute Gasteiger partial charge is 0.497 e. The lowest BCUT2D eigenvalue weighted by Crippen LogP contribution is -2.18. The van der Waals surface area contributed by atoms with Crippen LogP contribution < -0.4 is 10.1 Å². The molecule has 4 rings (SSSR count). The molecule has 1 aliphatic carbocycles. The van der Waals surface area contributed by atoms with E-state index in [2.05, 4.69) is 20.1 Å². The van der Waals surface area contributed by atoms with E-state index in [9.17, 15) is 9.59 Å². The van der Waals surface area contributed by atoms with Gasteiger partial charge in [-0.3, -0.25) is 14.2 Å². The van der Waals surface area contributed by atoms with Gasteiger partial charge in [0.2, 0.25) is 5.91 Å². The molecule has 1 amide bonds. The molecule has 34 heavy (non-hydrogen) atoms. The molecule has 1 atom stereocenters. The summed E-state index contributed by atoms with van der Waals surface area (Å²) in [6, 6.07) is 15.2. The van der Waals surface area contributed by atoms with Gasteiger partial charge in [0.1, 0.15) is 5.75 Å². The number of nitrogens with one attached hydrogen (secondary N) is 1. The fourth-order valence-corrected chi connectivity index (χ4v) is 5.33. The maximum absolute atomic E-state index is 13.1. The van der Waals surface area contributed by atoms with Crippen LogP contribution >= 0.6 is 11.8 Å². The van der Waals surface area contributed by atoms with E-state index in [1.165, 1.54) is 37.9 Å². The van der Waals surface area contributed by atoms with Gasteiger partial charge in [0.25, 0.3) is 0 Å². The van der Waals surface area contributed by atoms with E-state index >= 15 is 0 Å². The number of hydrogen-bond donors (Lipinski definition) is 1. The van der Waals surface area contributed by atoms with Gasteiger partial charge in [0, 0.05) is 29.8 Å². The average Bonchev–Trinajstić information content (AvgIpc) is 3.27. The Hall–Kier alpha value is -3.13. The summed E-state index contributed by atoms with van der Waals surface area (Å²) in [5, 5.41) is 12.2. The van der Waals surface area contributed by atoms with Gasteiger partial charge in [-0.15, -0.1) is 10.2 Å². The monoisotopic (exact) mass is 478 g/mol. The first-order valence-electron chi connectivity index (χ1n) is 11.6. The smallest absolute Gasteiger partial charge is 0.221 e. The van der Waals surface area contributed by atoms with E-state index in [1.54, 1.807) is 31.4 Å². The number of anilines is 1. The average molecular weight is 479 g/mol. The predicted octanol–water partition coefficient (Wildman–Crippen LogP) is 5.78. The van der Waals surface area contributed by atoms with E-state index in [1.807, 2.05) is 31.2 Å². The second-order valence-corrected chi connectivity index (χ2v) is 9.89. The van der Waals surface area contributed by atoms with Gasteiger partial charge in [-0.05, 0) is 68.3 Å². The molecule has 1 aromatic heterocycles. The van der Waals surface area contributed by atoms with Gasteiger partial charge in [-0.1, -0.05) is 31.0 Å². The highest BCUT2D eigenvalue weighted by Gasteiger charge is 2.27. The minimum Gasteiger partial charge on any atom is -0.497 e. The highest BCUT2D eigenvalue weighted by Crippen LogP contribution is 2.37. The van der Waals surface area contributed by atoms with Crippen molar-refractivity contribution < 1.29 is 14.3 Å². The molecule has 2 aromatic carbocycles. The third-order valence-corrected chi connectivity index (χ3v) is 7.15. The highest BCUT2D eigenvalue weighted by atomic mass is 32.2. The second-order valence-electron chi connectivity index (χ2n) is 8.58. The van der Waals surface area contributed by atoms with Crippen LogP contribution in [0.25, 0.3) is 11.4 Å². The van der Waals surface area contributed by atoms with Crippen molar-refractivity contribution in [2.75, 3.05) is 12.4 Å². The minimum atomic E-state index is -0.332. The second kappa shape index (κ2) is 10.9. The van der Waals surface area contributed by atoms with Gasteiger partial charge in [0.05, 0.1) is 12.4 Å². The first-order valence-corrected chi connectivity index (χ1v) is 12.5. The summed E-state index contributed by atoms with van der Waals surface area (Å²) in [7, 11) is 1.65. The van der Waals surface area contributed by atoms with Crippen LogP contribution in [0.4, 0.5) is 5.69 Å². The molecule has 1 fully saturated rings. The Bertz CT molecular complexity index is 1140. The van der Waals surface area contributed by atoms with Crippen LogP contribution in [0, 0.1) is 0 Å². The summed E-state index contributed by atoms with van der Waals surface area (Å²) in [4.78, 5) is 24.4. The molecule has 1 unspecified atom stereocenters. The lowest BCUT2D eigenvalue weighted by atomic mass is 9.95. The first kappa shape index (κ1) is 24.0. The molecule has 7 nitrogen and oxygen atoms in total. The molecule has 1 aliphatic rings. The summed E-state index contributed by atoms with van der Waals surface area (Å²) in [5.74, 6) is 1.50. The SMILES string of the molecule is COc1ccc(-c2nnc(SC(C)C(=O)c3ccc(NC(C)=O)cc3)n2C2CCCCC2)cc1. The third kappa shape index (κ3) is 5.50. The number of thioether (sulfide) groups is 1. The zero-order valence-corrected chi connectivity index (χ0v) is 20.6. The van der Waals surface area contributed by atoms with Crippen molar-refractivity contribution in [1.82, 2.24) is 14.8 Å². The van der Waals surface area contributed by atoms with Gasteiger partial charge >= 0.3 is 0 Å². The molecule has 0 aliphatic heterocycles. The molecule has 8 heteroatoms. The van der Waals surface area contributed by atoms with Crippen LogP contribution in [0.15, 0.2) is 53.7 Å². The highest BCUT2D eigenvalue weighted by molar-refractivity contribution is 8.00. The summed E-state index contributed by atoms with van der Waals surface area (Å²) in [5.41, 5.74) is 2.26. The van der Waals surface area contributed by atoms with Crippen LogP contribution in [0.2, 0.25) is 0 Å². The Morgan fingerprint density at radius 1 is 1.03 bits per heavy atom. The van der Waals surface area contributed by atoms with Crippen molar-refractivity contribution in [2.24, 2.45) is 0 Å². The number of Topliss-reactive ketones (excluding diaryl/α,β-unsaturated/α-hetero) is 1. The fraction of sp³-hybridized carbons (Fsp3) is 0.385. The fourth-order valence-electron chi connectivity index (χ4n) is 4.33. The molecular formula is C26H30N4O3S. The molecule has 1 heterocycles. The lowest BCUT2D eigenvalue weighted by molar-refractivity contribution is -0.114. The van der Waals surface area contributed by atoms with Crippen LogP contribution in [0.5, 0.6) is 5.75 Å². The zero-order chi connectivity index (χ0) is 24.1. The predicted molar refractivity (Wildman–Crippen MR) is 135 cm³/mol. The molecular weight excluding hydrogens is 448 g/mol. The molecule has 0 bridgehead atoms. The van der Waals surface area contributed by atoms with E-state index < -0.39 is 0 Å². The molecule has 0 saturated heterocycles. The van der Waals surface area contributed by atoms with E-state index in [0.29, 0.717) is 17.3 Å². The van der Waals surface area contributed by atoms with E-state index in [-0.39, 0.29) is 16.9 Å². The summed E-state index contributed by atoms with van der Waals surface area (Å²) in [6.45, 7) is 3.36. The number of ether oxygens (including phenoxy) is 1. The number of carbonyl (C=O) groups is 2. The van der Waals surface area contributed by atoms with E-state index in [0.717, 1.165) is 35.1 Å². The number of benzene rings is 2. The van der Waals surface area contributed by atoms with Crippen LogP contribution in [0.1, 0.15) is 62.4 Å². The number of aromatic nitrogens is 3. The van der Waals surface area contributed by atoms with E-state index in [4.69, 9.17) is 4.74 Å². The van der Waals surface area contributed by atoms with Gasteiger partial charge < -0.3 is 10.1 Å². The maximum Gasteiger partial charge on any atom is 0.221 e. The van der Waals surface area contributed by atoms with Gasteiger partial charge in [-0.25, -0.2) is 0 Å². The van der Waals surface area contributed by atoms with Crippen molar-refractivity contribution in [2.45, 2.75) is 62.4 Å². The summed E-state index contributed by atoms with van der Waals surface area (Å²) < 4.78 is 7.53. The maximum atomic E-state index is 13.1. The minimum absolute atomic E-state index is 0.0172. The van der Waals surface area contributed by atoms with Crippen molar-refractivity contribution >= 4 is 29.1 Å². The van der Waals surface area contributed by atoms with Crippen molar-refractivity contribution in [3.8, 4) is 17.1 Å². The molecule has 0 radical (unpaired) electrons. The van der Waals surface area contributed by atoms with Crippen molar-refractivity contribution in [3.05, 3.63) is 54.1 Å². The molecule has 1 N–H and O–H groups in total. The Balaban J connectivity index is 1.58. The Morgan fingerprint density at radius 2 is 1.71 bits per heavy atom. The molecule has 1 saturated carbocycles. The Kier molecular flexibility index (Phi) is 7.67. The number of nitrogens with zero attached hydrogens (tertiary/aromatic N) is 3. The zero-order valence-electron chi connectivity index (χ0n) is 19.8. The number of rotatable bonds is 8. The summed E-state index contributed by atoms with van der Waals surface area (Å²) >= 11 is 1.45. The number of amides is 1. The van der Waals surface area contributed by atoms with Crippen molar-refractivity contribution in [1.29, 1.82) is 0 Å². The number of hydrogen-bond acceptors (Lipinski definition) is 6. The van der Waals surface area contributed by atoms with Crippen LogP contribution in [-0.2, 0) is 4.79 Å². The molecule has 3 aromatic rings. The van der Waals surface area contributed by atoms with Crippen LogP contribution in [0.3, 0.4) is 0 Å². The number of ketones is 1. The van der Waals surface area contributed by atoms with Crippen molar-refractivity contribution in [3.63, 3.8) is 0 Å². The van der Waals surface area contributed by atoms with Crippen LogP contribution in [-0.4, -0.2) is 38.8 Å². The molecule has 178 valence electrons. The standard InChI is InChI=1S/C26H30N4O3S/c1-17(24(32)19-9-13-21(14-10-19)27-18(2)31)34-26-29-28-25(20-11-15-23(33-3)16-12-20)30(26)22-7-5-4-6-8-22/h9-17,22H,4-8H2,1-3H3,(H,27,31). The normalized spacial score (nSPS) is 15.0. The number of carbonyl (C=O) groups excluding carboxylic acids is 2. The summed E-state index contributed by atoms with van der Waals surface area (Å²) in [6.07, 6.45) is 5.79. The topological polar surface area (TPSA) is 86.1 Å². The Morgan fingerprint density at radius 3 is 2.32 bits per heavy atom.